The Morgan fingerprint density at radius 3 is 2.62 bits per heavy atom. The number of hydrogen-bond donors (Lipinski definition) is 0. The molecule has 0 bridgehead atoms. The van der Waals surface area contributed by atoms with Gasteiger partial charge in [0.15, 0.2) is 0 Å². The van der Waals surface area contributed by atoms with Crippen LogP contribution in [0.4, 0.5) is 5.69 Å². The van der Waals surface area contributed by atoms with Gasteiger partial charge >= 0.3 is 59.1 Å². The minimum Gasteiger partial charge on any atom is -0.748 e. The third-order valence-electron chi connectivity index (χ3n) is 3.73. The molecule has 9 nitrogen and oxygen atoms in total. The summed E-state index contributed by atoms with van der Waals surface area (Å²) in [6.45, 7) is 8.67. The average molecular weight is 393 g/mol. The molecule has 24 heavy (non-hydrogen) atoms. The van der Waals surface area contributed by atoms with Crippen molar-refractivity contribution in [3.05, 3.63) is 23.3 Å². The molecule has 3 atom stereocenters. The predicted octanol–water partition coefficient (Wildman–Crippen LogP) is -5.37. The second kappa shape index (κ2) is 10.9. The summed E-state index contributed by atoms with van der Waals surface area (Å²) >= 11 is 0.794. The molecule has 0 aromatic carbocycles. The summed E-state index contributed by atoms with van der Waals surface area (Å²) in [5.74, 6) is 0. The summed E-state index contributed by atoms with van der Waals surface area (Å²) in [5, 5.41) is 15.9. The van der Waals surface area contributed by atoms with Crippen LogP contribution in [0, 0.1) is 13.5 Å². The summed E-state index contributed by atoms with van der Waals surface area (Å²) in [6, 6.07) is -0.709. The van der Waals surface area contributed by atoms with Crippen molar-refractivity contribution in [3.63, 3.8) is 0 Å². The van der Waals surface area contributed by atoms with Crippen LogP contribution in [-0.2, 0) is 19.5 Å². The summed E-state index contributed by atoms with van der Waals surface area (Å²) in [5.41, 5.74) is 0.802. The van der Waals surface area contributed by atoms with E-state index >= 15 is 0 Å². The van der Waals surface area contributed by atoms with Crippen LogP contribution >= 0.6 is 12.0 Å². The van der Waals surface area contributed by atoms with Gasteiger partial charge in [0.1, 0.15) is 0 Å². The topological polar surface area (TPSA) is 121 Å². The Balaban J connectivity index is 0.00000264. The second-order valence-corrected chi connectivity index (χ2v) is 7.52. The smallest absolute Gasteiger partial charge is 0.748 e. The van der Waals surface area contributed by atoms with Gasteiger partial charge in [0, 0.05) is 23.0 Å². The number of rotatable bonds is 5. The first-order valence-electron chi connectivity index (χ1n) is 6.36. The molecule has 1 aromatic heterocycles. The zero-order valence-corrected chi connectivity index (χ0v) is 19.2. The molecule has 1 aliphatic rings. The van der Waals surface area contributed by atoms with Crippen LogP contribution in [0.3, 0.4) is 0 Å². The van der Waals surface area contributed by atoms with Crippen LogP contribution in [0.25, 0.3) is 4.85 Å². The van der Waals surface area contributed by atoms with Gasteiger partial charge in [-0.05, 0) is 26.2 Å². The van der Waals surface area contributed by atoms with Gasteiger partial charge in [0.2, 0.25) is 5.69 Å². The summed E-state index contributed by atoms with van der Waals surface area (Å²) in [7, 11) is -4.51. The Hall–Kier alpha value is 0.840. The van der Waals surface area contributed by atoms with E-state index in [1.54, 1.807) is 6.92 Å². The SMILES string of the molecule is [C-]#[N+]c1cnn(C2CC(SOO[O-])CCC2S(=O)(=O)[O-])c1C.[Na+].[Na+]. The predicted molar refractivity (Wildman–Crippen MR) is 73.1 cm³/mol. The fourth-order valence-corrected chi connectivity index (χ4v) is 4.38. The van der Waals surface area contributed by atoms with Gasteiger partial charge in [-0.1, -0.05) is 0 Å². The van der Waals surface area contributed by atoms with Gasteiger partial charge in [0.05, 0.1) is 34.2 Å². The molecule has 0 N–H and O–H groups in total. The fraction of sp³-hybridized carbons (Fsp3) is 0.636. The third-order valence-corrected chi connectivity index (χ3v) is 5.86. The van der Waals surface area contributed by atoms with E-state index in [-0.39, 0.29) is 77.2 Å². The number of nitrogens with zero attached hydrogens (tertiary/aromatic N) is 3. The van der Waals surface area contributed by atoms with E-state index in [0.717, 1.165) is 12.0 Å². The van der Waals surface area contributed by atoms with Gasteiger partial charge in [-0.15, -0.1) is 0 Å². The van der Waals surface area contributed by atoms with Gasteiger partial charge in [-0.3, -0.25) is 9.72 Å². The monoisotopic (exact) mass is 393 g/mol. The Bertz CT molecular complexity index is 678. The third kappa shape index (κ3) is 5.94. The first-order valence-corrected chi connectivity index (χ1v) is 8.64. The normalized spacial score (nSPS) is 23.7. The average Bonchev–Trinajstić information content (AvgIpc) is 2.84. The molecule has 122 valence electrons. The van der Waals surface area contributed by atoms with Crippen molar-refractivity contribution in [2.75, 3.05) is 0 Å². The van der Waals surface area contributed by atoms with Crippen molar-refractivity contribution < 1.29 is 86.7 Å². The van der Waals surface area contributed by atoms with E-state index < -0.39 is 21.4 Å². The maximum atomic E-state index is 11.5. The summed E-state index contributed by atoms with van der Waals surface area (Å²) in [6.07, 6.45) is 2.13. The maximum absolute atomic E-state index is 11.5. The van der Waals surface area contributed by atoms with E-state index in [0.29, 0.717) is 17.8 Å². The quantitative estimate of drug-likeness (QED) is 0.121. The Morgan fingerprint density at radius 2 is 2.12 bits per heavy atom. The molecule has 2 rings (SSSR count). The van der Waals surface area contributed by atoms with Crippen LogP contribution in [-0.4, -0.2) is 33.3 Å². The number of aromatic nitrogens is 2. The van der Waals surface area contributed by atoms with Crippen LogP contribution in [0.1, 0.15) is 31.0 Å². The van der Waals surface area contributed by atoms with Crippen LogP contribution < -0.4 is 64.4 Å². The van der Waals surface area contributed by atoms with Gasteiger partial charge in [-0.25, -0.2) is 13.3 Å². The van der Waals surface area contributed by atoms with Crippen molar-refractivity contribution in [2.45, 2.75) is 42.7 Å². The minimum atomic E-state index is -4.51. The Kier molecular flexibility index (Phi) is 11.2. The zero-order valence-electron chi connectivity index (χ0n) is 13.5. The summed E-state index contributed by atoms with van der Waals surface area (Å²) < 4.78 is 40.2. The molecule has 0 aliphatic heterocycles. The molecule has 0 spiro atoms. The Morgan fingerprint density at radius 1 is 1.46 bits per heavy atom. The van der Waals surface area contributed by atoms with Gasteiger partial charge in [0.25, 0.3) is 0 Å². The molecular formula is C11H13N3Na2O6S2. The zero-order chi connectivity index (χ0) is 16.3. The molecule has 1 aliphatic carbocycles. The van der Waals surface area contributed by atoms with Crippen molar-refractivity contribution in [1.29, 1.82) is 0 Å². The van der Waals surface area contributed by atoms with Crippen LogP contribution in [0.15, 0.2) is 6.20 Å². The van der Waals surface area contributed by atoms with Crippen molar-refractivity contribution >= 4 is 27.8 Å². The molecule has 1 aromatic rings. The molecule has 3 unspecified atom stereocenters. The molecule has 0 radical (unpaired) electrons. The van der Waals surface area contributed by atoms with E-state index in [1.807, 2.05) is 0 Å². The maximum Gasteiger partial charge on any atom is 1.00 e. The van der Waals surface area contributed by atoms with E-state index in [9.17, 15) is 18.2 Å². The number of hydrogen-bond acceptors (Lipinski definition) is 8. The van der Waals surface area contributed by atoms with Gasteiger partial charge < -0.3 is 9.81 Å². The molecule has 1 fully saturated rings. The minimum absolute atomic E-state index is 0. The first kappa shape index (κ1) is 24.8. The van der Waals surface area contributed by atoms with Crippen LogP contribution in [0.5, 0.6) is 0 Å². The molecule has 13 heteroatoms. The molecular weight excluding hydrogens is 380 g/mol. The van der Waals surface area contributed by atoms with E-state index in [2.05, 4.69) is 19.3 Å². The fourth-order valence-electron chi connectivity index (χ4n) is 2.69. The van der Waals surface area contributed by atoms with E-state index in [1.165, 1.54) is 10.9 Å². The van der Waals surface area contributed by atoms with Crippen molar-refractivity contribution in [1.82, 2.24) is 9.78 Å². The molecule has 0 amide bonds. The van der Waals surface area contributed by atoms with Crippen molar-refractivity contribution in [3.8, 4) is 0 Å². The second-order valence-electron chi connectivity index (χ2n) is 4.94. The van der Waals surface area contributed by atoms with Gasteiger partial charge in [-0.2, -0.15) is 9.43 Å². The molecule has 1 heterocycles. The van der Waals surface area contributed by atoms with Crippen molar-refractivity contribution in [2.24, 2.45) is 0 Å². The summed E-state index contributed by atoms with van der Waals surface area (Å²) in [4.78, 5) is 3.29. The first-order chi connectivity index (χ1) is 10.4. The van der Waals surface area contributed by atoms with E-state index in [4.69, 9.17) is 6.57 Å². The van der Waals surface area contributed by atoms with Crippen LogP contribution in [0.2, 0.25) is 0 Å². The Labute approximate surface area is 188 Å². The largest absolute Gasteiger partial charge is 1.00 e. The standard InChI is InChI=1S/C11H15N3O6S2.2Na/c1-7-9(12-2)6-13-14(7)10-5-8(21-20-19-15)3-4-11(10)22(16,17)18;;/h6,8,10-11,15H,3-5H2,1H3,(H,16,17,18);;/q;2*+1/p-2. The molecule has 1 saturated carbocycles. The molecule has 0 saturated heterocycles.